The normalized spacial score (nSPS) is 43.9. The molecule has 4 aliphatic rings. The average molecular weight is 432 g/mol. The summed E-state index contributed by atoms with van der Waals surface area (Å²) in [6.07, 6.45) is 16.3. The van der Waals surface area contributed by atoms with Gasteiger partial charge in [-0.3, -0.25) is 0 Å². The van der Waals surface area contributed by atoms with E-state index in [0.717, 1.165) is 62.2 Å². The molecule has 1 N–H and O–H groups in total. The van der Waals surface area contributed by atoms with Gasteiger partial charge in [0.1, 0.15) is 0 Å². The number of fused-ring (bicyclic) bond motifs is 5. The number of rotatable bonds is 8. The van der Waals surface area contributed by atoms with Crippen LogP contribution in [0.25, 0.3) is 0 Å². The molecule has 0 heterocycles. The van der Waals surface area contributed by atoms with Crippen LogP contribution in [0.2, 0.25) is 0 Å². The summed E-state index contributed by atoms with van der Waals surface area (Å²) in [6.45, 7) is 7.71. The Hall–Kier alpha value is -0.740. The van der Waals surface area contributed by atoms with Crippen LogP contribution < -0.4 is 0 Å². The van der Waals surface area contributed by atoms with E-state index in [2.05, 4.69) is 25.1 Å². The van der Waals surface area contributed by atoms with Gasteiger partial charge in [0.15, 0.2) is 0 Å². The maximum absolute atomic E-state index is 11.2. The van der Waals surface area contributed by atoms with E-state index in [9.17, 15) is 10.0 Å². The Morgan fingerprint density at radius 2 is 1.97 bits per heavy atom. The molecule has 4 heteroatoms. The Morgan fingerprint density at radius 3 is 2.71 bits per heavy atom. The average Bonchev–Trinajstić information content (AvgIpc) is 3.08. The summed E-state index contributed by atoms with van der Waals surface area (Å²) >= 11 is 0. The number of ether oxygens (including phenoxy) is 1. The van der Waals surface area contributed by atoms with Crippen LogP contribution in [0.15, 0.2) is 16.8 Å². The zero-order valence-electron chi connectivity index (χ0n) is 20.4. The van der Waals surface area contributed by atoms with E-state index in [4.69, 9.17) is 4.74 Å². The molecule has 0 aromatic carbocycles. The highest BCUT2D eigenvalue weighted by Crippen LogP contribution is 2.66. The number of aliphatic hydroxyl groups is 1. The van der Waals surface area contributed by atoms with Gasteiger partial charge in [-0.25, -0.2) is 0 Å². The van der Waals surface area contributed by atoms with E-state index in [0.29, 0.717) is 17.4 Å². The van der Waals surface area contributed by atoms with Gasteiger partial charge < -0.3 is 9.84 Å². The van der Waals surface area contributed by atoms with E-state index in [1.54, 1.807) is 12.7 Å². The number of methoxy groups -OCH3 is 1. The van der Waals surface area contributed by atoms with Gasteiger partial charge in [-0.05, 0) is 112 Å². The van der Waals surface area contributed by atoms with Gasteiger partial charge in [0.05, 0.1) is 11.6 Å². The highest BCUT2D eigenvalue weighted by Gasteiger charge is 2.58. The van der Waals surface area contributed by atoms with E-state index in [1.807, 2.05) is 6.92 Å². The van der Waals surface area contributed by atoms with Gasteiger partial charge in [-0.2, -0.15) is 4.91 Å². The molecule has 7 unspecified atom stereocenters. The van der Waals surface area contributed by atoms with Gasteiger partial charge in [-0.15, -0.1) is 0 Å². The Morgan fingerprint density at radius 1 is 1.16 bits per heavy atom. The number of allylic oxidation sites excluding steroid dienone is 1. The molecule has 0 aliphatic heterocycles. The summed E-state index contributed by atoms with van der Waals surface area (Å²) in [7, 11) is 1.71. The predicted molar refractivity (Wildman–Crippen MR) is 126 cm³/mol. The number of nitrogens with zero attached hydrogens (tertiary/aromatic N) is 1. The van der Waals surface area contributed by atoms with Gasteiger partial charge >= 0.3 is 0 Å². The highest BCUT2D eigenvalue weighted by atomic mass is 16.5. The van der Waals surface area contributed by atoms with Crippen molar-refractivity contribution in [1.29, 1.82) is 0 Å². The predicted octanol–water partition coefficient (Wildman–Crippen LogP) is 6.66. The second-order valence-corrected chi connectivity index (χ2v) is 12.2. The summed E-state index contributed by atoms with van der Waals surface area (Å²) in [5, 5.41) is 14.0. The Kier molecular flexibility index (Phi) is 6.72. The molecule has 3 saturated carbocycles. The monoisotopic (exact) mass is 431 g/mol. The van der Waals surface area contributed by atoms with Crippen molar-refractivity contribution in [2.24, 2.45) is 39.7 Å². The summed E-state index contributed by atoms with van der Waals surface area (Å²) in [5.74, 6) is 3.28. The van der Waals surface area contributed by atoms with Crippen LogP contribution in [0, 0.1) is 39.4 Å². The topological polar surface area (TPSA) is 58.9 Å². The lowest BCUT2D eigenvalue weighted by atomic mass is 9.47. The van der Waals surface area contributed by atoms with Gasteiger partial charge in [0.25, 0.3) is 0 Å². The molecule has 0 aromatic rings. The molecule has 0 radical (unpaired) electrons. The van der Waals surface area contributed by atoms with E-state index >= 15 is 0 Å². The summed E-state index contributed by atoms with van der Waals surface area (Å²) in [5.41, 5.74) is 1.74. The van der Waals surface area contributed by atoms with Crippen molar-refractivity contribution in [1.82, 2.24) is 0 Å². The van der Waals surface area contributed by atoms with Crippen molar-refractivity contribution in [3.8, 4) is 0 Å². The summed E-state index contributed by atoms with van der Waals surface area (Å²) < 4.78 is 5.17. The quantitative estimate of drug-likeness (QED) is 0.345. The van der Waals surface area contributed by atoms with Gasteiger partial charge in [0, 0.05) is 13.7 Å². The lowest BCUT2D eigenvalue weighted by molar-refractivity contribution is -0.0448. The third-order valence-corrected chi connectivity index (χ3v) is 10.5. The molecular weight excluding hydrogens is 386 g/mol. The molecule has 176 valence electrons. The fourth-order valence-electron chi connectivity index (χ4n) is 8.49. The number of hydrogen-bond acceptors (Lipinski definition) is 4. The van der Waals surface area contributed by atoms with Crippen LogP contribution in [-0.2, 0) is 4.74 Å². The van der Waals surface area contributed by atoms with Crippen LogP contribution in [0.3, 0.4) is 0 Å². The lowest BCUT2D eigenvalue weighted by Crippen LogP contribution is -2.50. The van der Waals surface area contributed by atoms with Crippen LogP contribution in [0.1, 0.15) is 97.8 Å². The first kappa shape index (κ1) is 23.4. The standard InChI is InChI=1S/C27H45NO3/c1-25(29,16-17-31-4)13-5-6-19-8-10-23-22-9-7-20-18-21(28-30)11-14-27(20,3)24(22)12-15-26(19,23)2/h7,19,21-24,29H,5-6,8-18H2,1-4H3/t19?,21?,22?,23-,24?,25?,26?,27?/m0/s1. The van der Waals surface area contributed by atoms with E-state index in [1.165, 1.54) is 38.5 Å². The molecule has 4 rings (SSSR count). The third kappa shape index (κ3) is 4.28. The maximum atomic E-state index is 11.2. The molecule has 0 aromatic heterocycles. The minimum Gasteiger partial charge on any atom is -0.390 e. The summed E-state index contributed by atoms with van der Waals surface area (Å²) in [4.78, 5) is 11.2. The van der Waals surface area contributed by atoms with Crippen molar-refractivity contribution >= 4 is 0 Å². The third-order valence-electron chi connectivity index (χ3n) is 10.5. The second-order valence-electron chi connectivity index (χ2n) is 12.2. The Labute approximate surface area is 189 Å². The Balaban J connectivity index is 1.41. The molecular formula is C27H45NO3. The molecule has 31 heavy (non-hydrogen) atoms. The molecule has 0 bridgehead atoms. The first-order valence-corrected chi connectivity index (χ1v) is 13.0. The van der Waals surface area contributed by atoms with Crippen molar-refractivity contribution in [3.63, 3.8) is 0 Å². The lowest BCUT2D eigenvalue weighted by Gasteiger charge is -2.58. The van der Waals surface area contributed by atoms with Crippen molar-refractivity contribution in [2.75, 3.05) is 13.7 Å². The molecule has 0 spiro atoms. The molecule has 4 nitrogen and oxygen atoms in total. The Bertz CT molecular complexity index is 688. The molecule has 3 fully saturated rings. The largest absolute Gasteiger partial charge is 0.390 e. The molecule has 0 amide bonds. The molecule has 0 saturated heterocycles. The molecule has 4 aliphatic carbocycles. The first-order valence-electron chi connectivity index (χ1n) is 13.0. The minimum atomic E-state index is -0.596. The van der Waals surface area contributed by atoms with Crippen LogP contribution in [0.5, 0.6) is 0 Å². The van der Waals surface area contributed by atoms with Crippen molar-refractivity contribution in [2.45, 2.75) is 109 Å². The van der Waals surface area contributed by atoms with Gasteiger partial charge in [-0.1, -0.05) is 37.1 Å². The van der Waals surface area contributed by atoms with Crippen LogP contribution in [-0.4, -0.2) is 30.5 Å². The van der Waals surface area contributed by atoms with Crippen molar-refractivity contribution < 1.29 is 9.84 Å². The SMILES string of the molecule is COCCC(C)(O)CCCC1CC[C@H]2C3CC=C4CC(N=O)CCC4(C)C3CCC12C. The van der Waals surface area contributed by atoms with E-state index < -0.39 is 5.60 Å². The fraction of sp³-hybridized carbons (Fsp3) is 0.926. The van der Waals surface area contributed by atoms with Crippen LogP contribution >= 0.6 is 0 Å². The maximum Gasteiger partial charge on any atom is 0.0957 e. The second kappa shape index (κ2) is 8.89. The zero-order valence-corrected chi connectivity index (χ0v) is 20.4. The van der Waals surface area contributed by atoms with Crippen LogP contribution in [0.4, 0.5) is 0 Å². The highest BCUT2D eigenvalue weighted by molar-refractivity contribution is 5.25. The molecule has 8 atom stereocenters. The van der Waals surface area contributed by atoms with Gasteiger partial charge in [0.2, 0.25) is 0 Å². The van der Waals surface area contributed by atoms with E-state index in [-0.39, 0.29) is 6.04 Å². The number of nitroso groups, excluding NO2 is 1. The zero-order chi connectivity index (χ0) is 22.3. The number of hydrogen-bond donors (Lipinski definition) is 1. The first-order chi connectivity index (χ1) is 14.7. The smallest absolute Gasteiger partial charge is 0.0957 e. The minimum absolute atomic E-state index is 0.0155. The van der Waals surface area contributed by atoms with Crippen molar-refractivity contribution in [3.05, 3.63) is 16.6 Å². The fourth-order valence-corrected chi connectivity index (χ4v) is 8.49. The summed E-state index contributed by atoms with van der Waals surface area (Å²) in [6, 6.07) is 0.0155.